The summed E-state index contributed by atoms with van der Waals surface area (Å²) in [6, 6.07) is 9.13. The van der Waals surface area contributed by atoms with E-state index in [0.29, 0.717) is 17.1 Å². The fourth-order valence-electron chi connectivity index (χ4n) is 2.28. The molecule has 2 aromatic rings. The van der Waals surface area contributed by atoms with Crippen LogP contribution >= 0.6 is 0 Å². The highest BCUT2D eigenvalue weighted by atomic mass is 16.6. The van der Waals surface area contributed by atoms with E-state index in [0.717, 1.165) is 11.1 Å². The van der Waals surface area contributed by atoms with Gasteiger partial charge in [-0.1, -0.05) is 42.1 Å². The number of oxime groups is 1. The lowest BCUT2D eigenvalue weighted by atomic mass is 10.1. The Kier molecular flexibility index (Phi) is 3.91. The summed E-state index contributed by atoms with van der Waals surface area (Å²) in [5.74, 6) is -0.244. The van der Waals surface area contributed by atoms with Crippen LogP contribution in [0.5, 0.6) is 5.88 Å². The van der Waals surface area contributed by atoms with Gasteiger partial charge in [0.15, 0.2) is 0 Å². The number of rotatable bonds is 4. The smallest absolute Gasteiger partial charge is 0.391 e. The van der Waals surface area contributed by atoms with Gasteiger partial charge in [0.25, 0.3) is 5.88 Å². The number of amides is 1. The number of hydrogen-bond acceptors (Lipinski definition) is 7. The lowest BCUT2D eigenvalue weighted by molar-refractivity contribution is 0.175. The van der Waals surface area contributed by atoms with Crippen molar-refractivity contribution in [1.29, 1.82) is 5.26 Å². The standard InChI is InChI=1S/C16H11N5O3/c1-2-7-23-21-13-10-6-4-3-5-9(10)12-14(13)19-11(8-17)15(20-12)24-16(18)22/h2-6H,1,7H2,(H2,18,22). The van der Waals surface area contributed by atoms with Gasteiger partial charge in [0, 0.05) is 11.1 Å². The van der Waals surface area contributed by atoms with Crippen LogP contribution in [0.15, 0.2) is 42.1 Å². The topological polar surface area (TPSA) is 123 Å². The van der Waals surface area contributed by atoms with Crippen molar-refractivity contribution in [2.75, 3.05) is 6.61 Å². The van der Waals surface area contributed by atoms with Crippen LogP contribution < -0.4 is 10.5 Å². The van der Waals surface area contributed by atoms with E-state index in [1.807, 2.05) is 30.3 Å². The van der Waals surface area contributed by atoms with Crippen LogP contribution in [0.1, 0.15) is 17.0 Å². The van der Waals surface area contributed by atoms with Crippen LogP contribution in [0.2, 0.25) is 0 Å². The van der Waals surface area contributed by atoms with Crippen molar-refractivity contribution in [3.63, 3.8) is 0 Å². The van der Waals surface area contributed by atoms with Gasteiger partial charge in [0.05, 0.1) is 0 Å². The molecule has 0 atom stereocenters. The molecule has 1 aliphatic carbocycles. The van der Waals surface area contributed by atoms with E-state index >= 15 is 0 Å². The van der Waals surface area contributed by atoms with Crippen molar-refractivity contribution in [2.45, 2.75) is 0 Å². The summed E-state index contributed by atoms with van der Waals surface area (Å²) in [6.45, 7) is 3.78. The molecule has 8 nitrogen and oxygen atoms in total. The van der Waals surface area contributed by atoms with Gasteiger partial charge < -0.3 is 15.3 Å². The lowest BCUT2D eigenvalue weighted by Crippen LogP contribution is -2.18. The molecule has 118 valence electrons. The minimum Gasteiger partial charge on any atom is -0.391 e. The van der Waals surface area contributed by atoms with E-state index in [4.69, 9.17) is 15.3 Å². The fraction of sp³-hybridized carbons (Fsp3) is 0.0625. The molecule has 0 spiro atoms. The minimum absolute atomic E-state index is 0.170. The third-order valence-corrected chi connectivity index (χ3v) is 3.18. The monoisotopic (exact) mass is 321 g/mol. The van der Waals surface area contributed by atoms with Gasteiger partial charge in [-0.3, -0.25) is 0 Å². The Morgan fingerprint density at radius 2 is 2.08 bits per heavy atom. The molecule has 8 heteroatoms. The molecule has 0 bridgehead atoms. The predicted octanol–water partition coefficient (Wildman–Crippen LogP) is 1.74. The molecular formula is C16H11N5O3. The second kappa shape index (κ2) is 6.18. The second-order valence-electron chi connectivity index (χ2n) is 4.68. The molecule has 3 rings (SSSR count). The molecule has 1 amide bonds. The maximum absolute atomic E-state index is 11.0. The molecule has 0 fully saturated rings. The Balaban J connectivity index is 2.20. The molecule has 1 aliphatic rings. The molecule has 24 heavy (non-hydrogen) atoms. The van der Waals surface area contributed by atoms with Crippen LogP contribution in [0.25, 0.3) is 11.3 Å². The van der Waals surface area contributed by atoms with E-state index < -0.39 is 6.09 Å². The average Bonchev–Trinajstić information content (AvgIpc) is 2.87. The van der Waals surface area contributed by atoms with Crippen LogP contribution in [0.4, 0.5) is 4.79 Å². The van der Waals surface area contributed by atoms with Crippen molar-refractivity contribution < 1.29 is 14.4 Å². The summed E-state index contributed by atoms with van der Waals surface area (Å²) in [6.07, 6.45) is 0.484. The second-order valence-corrected chi connectivity index (χ2v) is 4.68. The van der Waals surface area contributed by atoms with Gasteiger partial charge in [0.1, 0.15) is 29.8 Å². The number of primary amides is 1. The number of nitrogens with two attached hydrogens (primary N) is 1. The van der Waals surface area contributed by atoms with Crippen LogP contribution in [0, 0.1) is 11.3 Å². The van der Waals surface area contributed by atoms with E-state index in [-0.39, 0.29) is 18.2 Å². The summed E-state index contributed by atoms with van der Waals surface area (Å²) >= 11 is 0. The SMILES string of the molecule is C=CCON=C1c2ccccc2-c2nc(OC(N)=O)c(C#N)nc21. The van der Waals surface area contributed by atoms with Gasteiger partial charge >= 0.3 is 6.09 Å². The molecule has 0 saturated heterocycles. The molecule has 0 unspecified atom stereocenters. The highest BCUT2D eigenvalue weighted by Gasteiger charge is 2.31. The Labute approximate surface area is 136 Å². The summed E-state index contributed by atoms with van der Waals surface area (Å²) < 4.78 is 4.77. The number of benzene rings is 1. The van der Waals surface area contributed by atoms with Gasteiger partial charge in [0.2, 0.25) is 5.69 Å². The maximum atomic E-state index is 11.0. The summed E-state index contributed by atoms with van der Waals surface area (Å²) in [5.41, 5.74) is 7.56. The first-order valence-corrected chi connectivity index (χ1v) is 6.86. The molecule has 2 N–H and O–H groups in total. The quantitative estimate of drug-likeness (QED) is 0.443. The first-order valence-electron chi connectivity index (χ1n) is 6.86. The van der Waals surface area contributed by atoms with Crippen molar-refractivity contribution >= 4 is 11.8 Å². The van der Waals surface area contributed by atoms with E-state index in [2.05, 4.69) is 21.7 Å². The fourth-order valence-corrected chi connectivity index (χ4v) is 2.28. The molecule has 0 aliphatic heterocycles. The third-order valence-electron chi connectivity index (χ3n) is 3.18. The maximum Gasteiger partial charge on any atom is 0.411 e. The summed E-state index contributed by atoms with van der Waals surface area (Å²) in [7, 11) is 0. The molecule has 1 aromatic carbocycles. The van der Waals surface area contributed by atoms with Crippen LogP contribution in [0.3, 0.4) is 0 Å². The van der Waals surface area contributed by atoms with Gasteiger partial charge in [-0.05, 0) is 0 Å². The normalized spacial score (nSPS) is 12.9. The number of aromatic nitrogens is 2. The molecule has 1 heterocycles. The first kappa shape index (κ1) is 15.2. The number of nitriles is 1. The summed E-state index contributed by atoms with van der Waals surface area (Å²) in [5, 5.41) is 13.3. The lowest BCUT2D eigenvalue weighted by Gasteiger charge is -2.05. The number of nitrogens with zero attached hydrogens (tertiary/aromatic N) is 4. The number of fused-ring (bicyclic) bond motifs is 3. The highest BCUT2D eigenvalue weighted by molar-refractivity contribution is 6.22. The van der Waals surface area contributed by atoms with Gasteiger partial charge in [-0.2, -0.15) is 5.26 Å². The van der Waals surface area contributed by atoms with Crippen molar-refractivity contribution in [2.24, 2.45) is 10.9 Å². The molecular weight excluding hydrogens is 310 g/mol. The van der Waals surface area contributed by atoms with Gasteiger partial charge in [-0.25, -0.2) is 14.8 Å². The molecule has 0 radical (unpaired) electrons. The molecule has 0 saturated carbocycles. The van der Waals surface area contributed by atoms with E-state index in [9.17, 15) is 10.1 Å². The number of carbonyl (C=O) groups is 1. The Morgan fingerprint density at radius 1 is 1.33 bits per heavy atom. The van der Waals surface area contributed by atoms with Gasteiger partial charge in [-0.15, -0.1) is 0 Å². The number of ether oxygens (including phenoxy) is 1. The van der Waals surface area contributed by atoms with Crippen LogP contribution in [-0.4, -0.2) is 28.4 Å². The summed E-state index contributed by atoms with van der Waals surface area (Å²) in [4.78, 5) is 24.6. The van der Waals surface area contributed by atoms with Crippen molar-refractivity contribution in [3.8, 4) is 23.2 Å². The van der Waals surface area contributed by atoms with E-state index in [1.165, 1.54) is 0 Å². The van der Waals surface area contributed by atoms with Crippen LogP contribution in [-0.2, 0) is 4.84 Å². The Hall–Kier alpha value is -3.73. The number of carbonyl (C=O) groups excluding carboxylic acids is 1. The Bertz CT molecular complexity index is 914. The average molecular weight is 321 g/mol. The first-order chi connectivity index (χ1) is 11.7. The van der Waals surface area contributed by atoms with Crippen molar-refractivity contribution in [3.05, 3.63) is 53.9 Å². The van der Waals surface area contributed by atoms with Crippen molar-refractivity contribution in [1.82, 2.24) is 9.97 Å². The zero-order chi connectivity index (χ0) is 17.1. The minimum atomic E-state index is -1.07. The largest absolute Gasteiger partial charge is 0.411 e. The molecule has 1 aromatic heterocycles. The zero-order valence-electron chi connectivity index (χ0n) is 12.4. The predicted molar refractivity (Wildman–Crippen MR) is 84.2 cm³/mol. The Morgan fingerprint density at radius 3 is 2.75 bits per heavy atom. The zero-order valence-corrected chi connectivity index (χ0v) is 12.4. The van der Waals surface area contributed by atoms with E-state index in [1.54, 1.807) is 6.08 Å². The third kappa shape index (κ3) is 2.55. The number of hydrogen-bond donors (Lipinski definition) is 1. The highest BCUT2D eigenvalue weighted by Crippen LogP contribution is 2.36.